The summed E-state index contributed by atoms with van der Waals surface area (Å²) in [6, 6.07) is 14.2. The van der Waals surface area contributed by atoms with Gasteiger partial charge in [0.1, 0.15) is 0 Å². The molecule has 0 bridgehead atoms. The molecule has 0 saturated carbocycles. The summed E-state index contributed by atoms with van der Waals surface area (Å²) in [5.41, 5.74) is 5.09. The van der Waals surface area contributed by atoms with Crippen molar-refractivity contribution < 1.29 is 4.79 Å². The average Bonchev–Trinajstić information content (AvgIpc) is 3.12. The predicted octanol–water partition coefficient (Wildman–Crippen LogP) is 4.27. The molecule has 0 saturated heterocycles. The highest BCUT2D eigenvalue weighted by Crippen LogP contribution is 2.30. The van der Waals surface area contributed by atoms with Crippen molar-refractivity contribution in [3.05, 3.63) is 59.8 Å². The number of carbonyl (C=O) groups is 1. The molecule has 0 fully saturated rings. The molecule has 24 heavy (non-hydrogen) atoms. The quantitative estimate of drug-likeness (QED) is 0.607. The number of imidazole rings is 1. The molecule has 1 N–H and O–H groups in total. The van der Waals surface area contributed by atoms with E-state index < -0.39 is 0 Å². The molecular weight excluding hydrogens is 318 g/mol. The third-order valence-electron chi connectivity index (χ3n) is 4.04. The molecule has 0 radical (unpaired) electrons. The van der Waals surface area contributed by atoms with Gasteiger partial charge in [-0.1, -0.05) is 41.2 Å². The molecule has 0 spiro atoms. The standard InChI is InChI=1S/C19H17N3OS/c1-3-20-18(23)14-8-9-16-17(10-14)24-19-21-15(11-22(16)19)13-6-4-12(2)5-7-13/h4-11H,3H2,1-2H3,(H,20,23). The Morgan fingerprint density at radius 1 is 1.21 bits per heavy atom. The van der Waals surface area contributed by atoms with E-state index in [9.17, 15) is 4.79 Å². The zero-order chi connectivity index (χ0) is 16.7. The average molecular weight is 335 g/mol. The minimum absolute atomic E-state index is 0.0363. The second kappa shape index (κ2) is 5.76. The lowest BCUT2D eigenvalue weighted by atomic mass is 10.1. The predicted molar refractivity (Wildman–Crippen MR) is 98.8 cm³/mol. The number of thiazole rings is 1. The van der Waals surface area contributed by atoms with E-state index >= 15 is 0 Å². The van der Waals surface area contributed by atoms with Gasteiger partial charge in [-0.3, -0.25) is 9.20 Å². The van der Waals surface area contributed by atoms with Gasteiger partial charge in [-0.2, -0.15) is 0 Å². The summed E-state index contributed by atoms with van der Waals surface area (Å²) >= 11 is 1.60. The fraction of sp³-hybridized carbons (Fsp3) is 0.158. The summed E-state index contributed by atoms with van der Waals surface area (Å²) in [7, 11) is 0. The minimum atomic E-state index is -0.0363. The first kappa shape index (κ1) is 14.9. The number of fused-ring (bicyclic) bond motifs is 3. The van der Waals surface area contributed by atoms with Crippen LogP contribution in [-0.2, 0) is 0 Å². The maximum Gasteiger partial charge on any atom is 0.251 e. The second-order valence-electron chi connectivity index (χ2n) is 5.79. The van der Waals surface area contributed by atoms with Crippen molar-refractivity contribution >= 4 is 32.4 Å². The summed E-state index contributed by atoms with van der Waals surface area (Å²) in [5.74, 6) is -0.0363. The van der Waals surface area contributed by atoms with Crippen LogP contribution in [0.4, 0.5) is 0 Å². The van der Waals surface area contributed by atoms with Crippen molar-refractivity contribution in [2.45, 2.75) is 13.8 Å². The van der Waals surface area contributed by atoms with E-state index in [2.05, 4.69) is 47.1 Å². The van der Waals surface area contributed by atoms with Crippen molar-refractivity contribution in [3.8, 4) is 11.3 Å². The lowest BCUT2D eigenvalue weighted by Gasteiger charge is -2.01. The van der Waals surface area contributed by atoms with Crippen molar-refractivity contribution in [2.75, 3.05) is 6.54 Å². The molecule has 0 atom stereocenters. The van der Waals surface area contributed by atoms with Gasteiger partial charge in [0.25, 0.3) is 5.91 Å². The van der Waals surface area contributed by atoms with Gasteiger partial charge in [-0.15, -0.1) is 0 Å². The van der Waals surface area contributed by atoms with Crippen LogP contribution < -0.4 is 5.32 Å². The van der Waals surface area contributed by atoms with Gasteiger partial charge in [-0.25, -0.2) is 4.98 Å². The van der Waals surface area contributed by atoms with Crippen molar-refractivity contribution in [2.24, 2.45) is 0 Å². The molecule has 5 heteroatoms. The summed E-state index contributed by atoms with van der Waals surface area (Å²) in [6.45, 7) is 4.63. The Morgan fingerprint density at radius 2 is 2.00 bits per heavy atom. The van der Waals surface area contributed by atoms with Gasteiger partial charge in [0.2, 0.25) is 0 Å². The number of nitrogens with zero attached hydrogens (tertiary/aromatic N) is 2. The van der Waals surface area contributed by atoms with E-state index in [1.165, 1.54) is 5.56 Å². The Labute approximate surface area is 143 Å². The van der Waals surface area contributed by atoms with Crippen LogP contribution in [0.3, 0.4) is 0 Å². The van der Waals surface area contributed by atoms with Gasteiger partial charge < -0.3 is 5.32 Å². The minimum Gasteiger partial charge on any atom is -0.352 e. The first-order valence-electron chi connectivity index (χ1n) is 7.92. The van der Waals surface area contributed by atoms with E-state index in [-0.39, 0.29) is 5.91 Å². The summed E-state index contributed by atoms with van der Waals surface area (Å²) < 4.78 is 3.16. The molecule has 2 heterocycles. The van der Waals surface area contributed by atoms with Gasteiger partial charge >= 0.3 is 0 Å². The van der Waals surface area contributed by atoms with Gasteiger partial charge in [0.05, 0.1) is 15.9 Å². The third-order valence-corrected chi connectivity index (χ3v) is 5.06. The van der Waals surface area contributed by atoms with Crippen LogP contribution in [0.25, 0.3) is 26.4 Å². The third kappa shape index (κ3) is 2.47. The SMILES string of the molecule is CCNC(=O)c1ccc2c(c1)sc1nc(-c3ccc(C)cc3)cn12. The molecule has 4 aromatic rings. The Bertz CT molecular complexity index is 1040. The van der Waals surface area contributed by atoms with Crippen LogP contribution in [0.15, 0.2) is 48.7 Å². The maximum absolute atomic E-state index is 12.0. The highest BCUT2D eigenvalue weighted by molar-refractivity contribution is 7.23. The van der Waals surface area contributed by atoms with E-state index in [0.717, 1.165) is 26.4 Å². The Hall–Kier alpha value is -2.66. The van der Waals surface area contributed by atoms with Crippen LogP contribution in [0.2, 0.25) is 0 Å². The van der Waals surface area contributed by atoms with Crippen LogP contribution in [0.1, 0.15) is 22.8 Å². The second-order valence-corrected chi connectivity index (χ2v) is 6.80. The Morgan fingerprint density at radius 3 is 2.75 bits per heavy atom. The molecule has 2 aromatic carbocycles. The monoisotopic (exact) mass is 335 g/mol. The number of amides is 1. The number of hydrogen-bond donors (Lipinski definition) is 1. The Balaban J connectivity index is 1.78. The highest BCUT2D eigenvalue weighted by atomic mass is 32.1. The van der Waals surface area contributed by atoms with E-state index in [0.29, 0.717) is 12.1 Å². The fourth-order valence-corrected chi connectivity index (χ4v) is 3.82. The maximum atomic E-state index is 12.0. The molecule has 2 aromatic heterocycles. The topological polar surface area (TPSA) is 46.4 Å². The molecule has 4 rings (SSSR count). The number of benzene rings is 2. The van der Waals surface area contributed by atoms with E-state index in [1.54, 1.807) is 11.3 Å². The molecule has 1 amide bonds. The largest absolute Gasteiger partial charge is 0.352 e. The number of aromatic nitrogens is 2. The summed E-state index contributed by atoms with van der Waals surface area (Å²) in [4.78, 5) is 17.7. The Kier molecular flexibility index (Phi) is 3.58. The number of hydrogen-bond acceptors (Lipinski definition) is 3. The van der Waals surface area contributed by atoms with Gasteiger partial charge in [-0.05, 0) is 32.0 Å². The number of aryl methyl sites for hydroxylation is 1. The molecule has 0 unspecified atom stereocenters. The number of nitrogens with one attached hydrogen (secondary N) is 1. The first-order valence-corrected chi connectivity index (χ1v) is 8.74. The summed E-state index contributed by atoms with van der Waals surface area (Å²) in [6.07, 6.45) is 2.06. The van der Waals surface area contributed by atoms with Crippen LogP contribution in [0, 0.1) is 6.92 Å². The lowest BCUT2D eigenvalue weighted by molar-refractivity contribution is 0.0956. The molecule has 120 valence electrons. The van der Waals surface area contributed by atoms with Crippen LogP contribution in [0.5, 0.6) is 0 Å². The van der Waals surface area contributed by atoms with Crippen molar-refractivity contribution in [1.29, 1.82) is 0 Å². The van der Waals surface area contributed by atoms with Crippen molar-refractivity contribution in [1.82, 2.24) is 14.7 Å². The van der Waals surface area contributed by atoms with Crippen LogP contribution in [-0.4, -0.2) is 21.8 Å². The first-order chi connectivity index (χ1) is 11.7. The van der Waals surface area contributed by atoms with Crippen LogP contribution >= 0.6 is 11.3 Å². The molecule has 0 aliphatic heterocycles. The van der Waals surface area contributed by atoms with Gasteiger partial charge in [0, 0.05) is 23.9 Å². The zero-order valence-electron chi connectivity index (χ0n) is 13.5. The fourth-order valence-electron chi connectivity index (χ4n) is 2.77. The lowest BCUT2D eigenvalue weighted by Crippen LogP contribution is -2.22. The van der Waals surface area contributed by atoms with E-state index in [1.807, 2.05) is 25.1 Å². The van der Waals surface area contributed by atoms with E-state index in [4.69, 9.17) is 4.98 Å². The molecule has 0 aliphatic rings. The number of carbonyl (C=O) groups excluding carboxylic acids is 1. The molecule has 4 nitrogen and oxygen atoms in total. The number of rotatable bonds is 3. The highest BCUT2D eigenvalue weighted by Gasteiger charge is 2.12. The van der Waals surface area contributed by atoms with Gasteiger partial charge in [0.15, 0.2) is 4.96 Å². The zero-order valence-corrected chi connectivity index (χ0v) is 14.4. The molecule has 0 aliphatic carbocycles. The summed E-state index contributed by atoms with van der Waals surface area (Å²) in [5, 5.41) is 2.83. The van der Waals surface area contributed by atoms with Crippen molar-refractivity contribution in [3.63, 3.8) is 0 Å². The smallest absolute Gasteiger partial charge is 0.251 e. The molecular formula is C19H17N3OS. The normalized spacial score (nSPS) is 11.2.